The van der Waals surface area contributed by atoms with Crippen LogP contribution in [0, 0.1) is 0 Å². The molecule has 0 amide bonds. The maximum atomic E-state index is 2.52. The molecule has 0 aliphatic heterocycles. The van der Waals surface area contributed by atoms with E-state index < -0.39 is 0 Å². The van der Waals surface area contributed by atoms with Crippen molar-refractivity contribution >= 4 is 0 Å². The second-order valence-corrected chi connectivity index (χ2v) is 15.2. The Hall–Kier alpha value is -0.0400. The second-order valence-electron chi connectivity index (χ2n) is 15.2. The fraction of sp³-hybridized carbons (Fsp3) is 1.00. The van der Waals surface area contributed by atoms with Gasteiger partial charge in [0.25, 0.3) is 0 Å². The van der Waals surface area contributed by atoms with E-state index in [0.29, 0.717) is 0 Å². The summed E-state index contributed by atoms with van der Waals surface area (Å²) in [5, 5.41) is 0. The molecular weight excluding hydrogens is 530 g/mol. The fourth-order valence-corrected chi connectivity index (χ4v) is 7.22. The van der Waals surface area contributed by atoms with E-state index in [0.717, 1.165) is 6.04 Å². The van der Waals surface area contributed by atoms with Gasteiger partial charge in [-0.3, -0.25) is 0 Å². The van der Waals surface area contributed by atoms with Gasteiger partial charge in [0, 0.05) is 6.04 Å². The lowest BCUT2D eigenvalue weighted by Gasteiger charge is -2.24. The summed E-state index contributed by atoms with van der Waals surface area (Å²) in [6, 6.07) is 0.817. The average Bonchev–Trinajstić information content (AvgIpc) is 3.02. The molecule has 0 heterocycles. The molecule has 1 nitrogen and oxygen atoms in total. The van der Waals surface area contributed by atoms with Crippen LogP contribution in [0.4, 0.5) is 0 Å². The quantitative estimate of drug-likeness (QED) is 0.0619. The van der Waals surface area contributed by atoms with Crippen molar-refractivity contribution in [2.75, 3.05) is 14.1 Å². The van der Waals surface area contributed by atoms with Crippen LogP contribution in [-0.2, 0) is 0 Å². The van der Waals surface area contributed by atoms with Gasteiger partial charge in [-0.05, 0) is 26.9 Å². The SMILES string of the molecule is CCCCCCCCCCCCCCCCCCCCC(CCCCCCCCCCCCCCCCCCCC)N(C)C. The van der Waals surface area contributed by atoms with Crippen LogP contribution >= 0.6 is 0 Å². The molecule has 0 aliphatic rings. The van der Waals surface area contributed by atoms with Gasteiger partial charge in [-0.25, -0.2) is 0 Å². The van der Waals surface area contributed by atoms with Crippen LogP contribution in [0.1, 0.15) is 258 Å². The van der Waals surface area contributed by atoms with Gasteiger partial charge < -0.3 is 4.90 Å². The average molecular weight is 620 g/mol. The Morgan fingerprint density at radius 3 is 0.568 bits per heavy atom. The molecule has 0 aliphatic carbocycles. The molecule has 0 bridgehead atoms. The third-order valence-electron chi connectivity index (χ3n) is 10.5. The summed E-state index contributed by atoms with van der Waals surface area (Å²) in [4.78, 5) is 2.52. The Labute approximate surface area is 282 Å². The number of hydrogen-bond acceptors (Lipinski definition) is 1. The van der Waals surface area contributed by atoms with Crippen molar-refractivity contribution in [3.05, 3.63) is 0 Å². The van der Waals surface area contributed by atoms with Crippen molar-refractivity contribution in [3.63, 3.8) is 0 Å². The lowest BCUT2D eigenvalue weighted by molar-refractivity contribution is 0.251. The van der Waals surface area contributed by atoms with Crippen LogP contribution < -0.4 is 0 Å². The molecule has 266 valence electrons. The first-order valence-corrected chi connectivity index (χ1v) is 21.4. The third-order valence-corrected chi connectivity index (χ3v) is 10.5. The highest BCUT2D eigenvalue weighted by Crippen LogP contribution is 2.19. The summed E-state index contributed by atoms with van der Waals surface area (Å²) in [7, 11) is 4.63. The molecule has 44 heavy (non-hydrogen) atoms. The Morgan fingerprint density at radius 1 is 0.250 bits per heavy atom. The van der Waals surface area contributed by atoms with E-state index in [1.165, 1.54) is 244 Å². The van der Waals surface area contributed by atoms with Crippen LogP contribution in [0.5, 0.6) is 0 Å². The molecule has 1 heteroatoms. The van der Waals surface area contributed by atoms with Crippen LogP contribution in [0.3, 0.4) is 0 Å². The minimum absolute atomic E-state index is 0.817. The molecule has 0 unspecified atom stereocenters. The van der Waals surface area contributed by atoms with Gasteiger partial charge >= 0.3 is 0 Å². The largest absolute Gasteiger partial charge is 0.306 e. The zero-order valence-corrected chi connectivity index (χ0v) is 31.9. The van der Waals surface area contributed by atoms with Crippen molar-refractivity contribution in [3.8, 4) is 0 Å². The minimum Gasteiger partial charge on any atom is -0.306 e. The fourth-order valence-electron chi connectivity index (χ4n) is 7.22. The molecule has 0 radical (unpaired) electrons. The van der Waals surface area contributed by atoms with Gasteiger partial charge in [-0.2, -0.15) is 0 Å². The molecule has 0 aromatic carbocycles. The Kier molecular flexibility index (Phi) is 39.1. The van der Waals surface area contributed by atoms with Crippen molar-refractivity contribution in [2.45, 2.75) is 264 Å². The predicted octanol–water partition coefficient (Wildman–Crippen LogP) is 15.8. The van der Waals surface area contributed by atoms with Crippen molar-refractivity contribution < 1.29 is 0 Å². The summed E-state index contributed by atoms with van der Waals surface area (Å²) < 4.78 is 0. The van der Waals surface area contributed by atoms with Crippen molar-refractivity contribution in [1.29, 1.82) is 0 Å². The highest BCUT2D eigenvalue weighted by molar-refractivity contribution is 4.67. The number of rotatable bonds is 39. The summed E-state index contributed by atoms with van der Waals surface area (Å²) >= 11 is 0. The Bertz CT molecular complexity index is 445. The maximum Gasteiger partial charge on any atom is 0.00891 e. The summed E-state index contributed by atoms with van der Waals surface area (Å²) in [6.07, 6.45) is 55.8. The van der Waals surface area contributed by atoms with E-state index >= 15 is 0 Å². The lowest BCUT2D eigenvalue weighted by atomic mass is 9.99. The summed E-state index contributed by atoms with van der Waals surface area (Å²) in [6.45, 7) is 4.62. The van der Waals surface area contributed by atoms with E-state index in [9.17, 15) is 0 Å². The van der Waals surface area contributed by atoms with Gasteiger partial charge in [-0.15, -0.1) is 0 Å². The Balaban J connectivity index is 3.35. The van der Waals surface area contributed by atoms with Gasteiger partial charge in [0.1, 0.15) is 0 Å². The normalized spacial score (nSPS) is 11.9. The van der Waals surface area contributed by atoms with E-state index in [1.807, 2.05) is 0 Å². The molecule has 0 saturated carbocycles. The number of nitrogens with zero attached hydrogens (tertiary/aromatic N) is 1. The zero-order chi connectivity index (χ0) is 32.0. The lowest BCUT2D eigenvalue weighted by Crippen LogP contribution is -2.27. The van der Waals surface area contributed by atoms with Gasteiger partial charge in [0.15, 0.2) is 0 Å². The number of hydrogen-bond donors (Lipinski definition) is 0. The number of unbranched alkanes of at least 4 members (excludes halogenated alkanes) is 34. The summed E-state index contributed by atoms with van der Waals surface area (Å²) in [5.74, 6) is 0. The highest BCUT2D eigenvalue weighted by atomic mass is 15.1. The molecular formula is C43H89N. The molecule has 0 saturated heterocycles. The molecule has 0 atom stereocenters. The van der Waals surface area contributed by atoms with Crippen molar-refractivity contribution in [2.24, 2.45) is 0 Å². The zero-order valence-electron chi connectivity index (χ0n) is 31.9. The molecule has 0 aromatic rings. The van der Waals surface area contributed by atoms with E-state index in [4.69, 9.17) is 0 Å². The van der Waals surface area contributed by atoms with Crippen LogP contribution in [0.2, 0.25) is 0 Å². The third kappa shape index (κ3) is 36.4. The van der Waals surface area contributed by atoms with Gasteiger partial charge in [0.05, 0.1) is 0 Å². The van der Waals surface area contributed by atoms with Crippen molar-refractivity contribution in [1.82, 2.24) is 4.90 Å². The first kappa shape index (κ1) is 44.0. The first-order valence-electron chi connectivity index (χ1n) is 21.4. The molecule has 0 spiro atoms. The van der Waals surface area contributed by atoms with Crippen LogP contribution in [0.25, 0.3) is 0 Å². The maximum absolute atomic E-state index is 2.52. The standard InChI is InChI=1S/C43H89N/c1-5-7-9-11-13-15-17-19-21-23-25-27-29-31-33-35-37-39-41-43(44(3)4)42-40-38-36-34-32-30-28-26-24-22-20-18-16-14-12-10-8-6-2/h43H,5-42H2,1-4H3. The predicted molar refractivity (Wildman–Crippen MR) is 204 cm³/mol. The van der Waals surface area contributed by atoms with Crippen LogP contribution in [-0.4, -0.2) is 25.0 Å². The molecule has 0 rings (SSSR count). The van der Waals surface area contributed by atoms with E-state index in [2.05, 4.69) is 32.8 Å². The molecule has 0 aromatic heterocycles. The van der Waals surface area contributed by atoms with Gasteiger partial charge in [0.2, 0.25) is 0 Å². The van der Waals surface area contributed by atoms with Gasteiger partial charge in [-0.1, -0.05) is 245 Å². The Morgan fingerprint density at radius 2 is 0.409 bits per heavy atom. The monoisotopic (exact) mass is 620 g/mol. The topological polar surface area (TPSA) is 3.24 Å². The minimum atomic E-state index is 0.817. The smallest absolute Gasteiger partial charge is 0.00891 e. The van der Waals surface area contributed by atoms with E-state index in [1.54, 1.807) is 0 Å². The first-order chi connectivity index (χ1) is 21.7. The van der Waals surface area contributed by atoms with Crippen LogP contribution in [0.15, 0.2) is 0 Å². The summed E-state index contributed by atoms with van der Waals surface area (Å²) in [5.41, 5.74) is 0. The second kappa shape index (κ2) is 39.1. The van der Waals surface area contributed by atoms with E-state index in [-0.39, 0.29) is 0 Å². The molecule has 0 N–H and O–H groups in total. The molecule has 0 fully saturated rings. The highest BCUT2D eigenvalue weighted by Gasteiger charge is 2.10.